The first-order valence-electron chi connectivity index (χ1n) is 9.10. The van der Waals surface area contributed by atoms with E-state index in [-0.39, 0.29) is 18.9 Å². The van der Waals surface area contributed by atoms with Crippen molar-refractivity contribution in [1.82, 2.24) is 15.5 Å². The van der Waals surface area contributed by atoms with Crippen molar-refractivity contribution < 1.29 is 19.0 Å². The van der Waals surface area contributed by atoms with Gasteiger partial charge in [-0.3, -0.25) is 4.90 Å². The minimum atomic E-state index is -0.105. The van der Waals surface area contributed by atoms with Crippen molar-refractivity contribution in [1.29, 1.82) is 0 Å². The zero-order valence-electron chi connectivity index (χ0n) is 14.3. The van der Waals surface area contributed by atoms with Crippen LogP contribution in [-0.4, -0.2) is 56.0 Å². The smallest absolute Gasteiger partial charge is 0.315 e. The molecule has 2 fully saturated rings. The van der Waals surface area contributed by atoms with Crippen molar-refractivity contribution in [2.24, 2.45) is 0 Å². The Balaban J connectivity index is 1.17. The lowest BCUT2D eigenvalue weighted by atomic mass is 9.99. The number of carbonyl (C=O) groups excluding carboxylic acids is 1. The number of benzene rings is 1. The lowest BCUT2D eigenvalue weighted by molar-refractivity contribution is 0.173. The molecule has 0 saturated carbocycles. The molecule has 0 aliphatic carbocycles. The second-order valence-electron chi connectivity index (χ2n) is 6.76. The number of piperidine rings is 1. The van der Waals surface area contributed by atoms with Gasteiger partial charge in [-0.2, -0.15) is 0 Å². The largest absolute Gasteiger partial charge is 0.492 e. The Morgan fingerprint density at radius 2 is 2.12 bits per heavy atom. The molecule has 2 atom stereocenters. The fourth-order valence-corrected chi connectivity index (χ4v) is 3.94. The van der Waals surface area contributed by atoms with Crippen molar-refractivity contribution in [3.8, 4) is 17.2 Å². The predicted molar refractivity (Wildman–Crippen MR) is 92.2 cm³/mol. The maximum Gasteiger partial charge on any atom is 0.315 e. The van der Waals surface area contributed by atoms with E-state index in [1.165, 1.54) is 25.8 Å². The van der Waals surface area contributed by atoms with E-state index in [2.05, 4.69) is 15.5 Å². The van der Waals surface area contributed by atoms with E-state index in [1.807, 2.05) is 12.1 Å². The van der Waals surface area contributed by atoms with Gasteiger partial charge in [0.2, 0.25) is 6.79 Å². The highest BCUT2D eigenvalue weighted by molar-refractivity contribution is 5.74. The normalized spacial score (nSPS) is 24.6. The fraction of sp³-hybridized carbons (Fsp3) is 0.611. The summed E-state index contributed by atoms with van der Waals surface area (Å²) in [5, 5.41) is 6.01. The second-order valence-corrected chi connectivity index (χ2v) is 6.76. The van der Waals surface area contributed by atoms with Crippen LogP contribution in [0.5, 0.6) is 17.2 Å². The first-order chi connectivity index (χ1) is 12.3. The fourth-order valence-electron chi connectivity index (χ4n) is 3.94. The van der Waals surface area contributed by atoms with Gasteiger partial charge in [-0.1, -0.05) is 6.42 Å². The first-order valence-corrected chi connectivity index (χ1v) is 9.10. The number of hydrogen-bond acceptors (Lipinski definition) is 5. The predicted octanol–water partition coefficient (Wildman–Crippen LogP) is 1.72. The van der Waals surface area contributed by atoms with E-state index in [9.17, 15) is 4.79 Å². The maximum atomic E-state index is 12.1. The Morgan fingerprint density at radius 3 is 3.08 bits per heavy atom. The quantitative estimate of drug-likeness (QED) is 0.794. The van der Waals surface area contributed by atoms with Crippen LogP contribution in [0.15, 0.2) is 18.2 Å². The molecule has 1 aromatic carbocycles. The van der Waals surface area contributed by atoms with E-state index in [1.54, 1.807) is 6.07 Å². The monoisotopic (exact) mass is 347 g/mol. The molecule has 4 rings (SSSR count). The SMILES string of the molecule is O=C(NCCOc1ccc2c(c1)OCO2)N[C@H]1CCN2CCCC[C@@H]12. The van der Waals surface area contributed by atoms with Gasteiger partial charge in [-0.05, 0) is 37.9 Å². The zero-order chi connectivity index (χ0) is 17.1. The van der Waals surface area contributed by atoms with Gasteiger partial charge in [-0.25, -0.2) is 4.79 Å². The maximum absolute atomic E-state index is 12.1. The third-order valence-corrected chi connectivity index (χ3v) is 5.17. The molecule has 0 radical (unpaired) electrons. The van der Waals surface area contributed by atoms with Crippen molar-refractivity contribution in [2.75, 3.05) is 33.0 Å². The molecule has 1 aromatic rings. The summed E-state index contributed by atoms with van der Waals surface area (Å²) in [6.07, 6.45) is 4.79. The van der Waals surface area contributed by atoms with Crippen LogP contribution in [0.2, 0.25) is 0 Å². The molecule has 0 unspecified atom stereocenters. The van der Waals surface area contributed by atoms with Crippen molar-refractivity contribution in [2.45, 2.75) is 37.8 Å². The topological polar surface area (TPSA) is 72.1 Å². The Bertz CT molecular complexity index is 624. The molecule has 0 aromatic heterocycles. The summed E-state index contributed by atoms with van der Waals surface area (Å²) in [6, 6.07) is 6.15. The van der Waals surface area contributed by atoms with Gasteiger partial charge < -0.3 is 24.8 Å². The number of fused-ring (bicyclic) bond motifs is 2. The molecular weight excluding hydrogens is 322 g/mol. The molecule has 7 nitrogen and oxygen atoms in total. The van der Waals surface area contributed by atoms with Crippen LogP contribution in [0, 0.1) is 0 Å². The Hall–Kier alpha value is -2.15. The highest BCUT2D eigenvalue weighted by Gasteiger charge is 2.36. The van der Waals surface area contributed by atoms with Crippen molar-refractivity contribution in [3.05, 3.63) is 18.2 Å². The van der Waals surface area contributed by atoms with Gasteiger partial charge in [0.05, 0.1) is 6.54 Å². The van der Waals surface area contributed by atoms with Crippen LogP contribution in [0.4, 0.5) is 4.79 Å². The molecule has 2 saturated heterocycles. The van der Waals surface area contributed by atoms with Gasteiger partial charge in [-0.15, -0.1) is 0 Å². The number of urea groups is 1. The molecule has 0 spiro atoms. The molecule has 3 aliphatic heterocycles. The molecule has 136 valence electrons. The van der Waals surface area contributed by atoms with Crippen LogP contribution in [0.1, 0.15) is 25.7 Å². The Morgan fingerprint density at radius 1 is 1.20 bits per heavy atom. The van der Waals surface area contributed by atoms with Crippen LogP contribution in [-0.2, 0) is 0 Å². The van der Waals surface area contributed by atoms with Crippen LogP contribution in [0.3, 0.4) is 0 Å². The molecule has 7 heteroatoms. The van der Waals surface area contributed by atoms with E-state index in [4.69, 9.17) is 14.2 Å². The summed E-state index contributed by atoms with van der Waals surface area (Å²) in [5.41, 5.74) is 0. The lowest BCUT2D eigenvalue weighted by Crippen LogP contribution is -2.50. The molecule has 2 N–H and O–H groups in total. The standard InChI is InChI=1S/C18H25N3O4/c22-18(20-14-6-9-21-8-2-1-3-15(14)21)19-7-10-23-13-4-5-16-17(11-13)25-12-24-16/h4-5,11,14-15H,1-3,6-10,12H2,(H2,19,20,22)/t14-,15-/m0/s1. The van der Waals surface area contributed by atoms with Crippen LogP contribution < -0.4 is 24.8 Å². The summed E-state index contributed by atoms with van der Waals surface area (Å²) >= 11 is 0. The Labute approximate surface area is 147 Å². The van der Waals surface area contributed by atoms with E-state index in [0.29, 0.717) is 30.7 Å². The van der Waals surface area contributed by atoms with Crippen molar-refractivity contribution >= 4 is 6.03 Å². The molecular formula is C18H25N3O4. The van der Waals surface area contributed by atoms with Gasteiger partial charge in [0, 0.05) is 24.7 Å². The van der Waals surface area contributed by atoms with Gasteiger partial charge in [0.1, 0.15) is 12.4 Å². The van der Waals surface area contributed by atoms with E-state index < -0.39 is 0 Å². The van der Waals surface area contributed by atoms with E-state index >= 15 is 0 Å². The summed E-state index contributed by atoms with van der Waals surface area (Å²) in [6.45, 7) is 3.39. The van der Waals surface area contributed by atoms with Gasteiger partial charge >= 0.3 is 6.03 Å². The summed E-state index contributed by atoms with van der Waals surface area (Å²) in [4.78, 5) is 14.6. The molecule has 0 bridgehead atoms. The zero-order valence-corrected chi connectivity index (χ0v) is 14.3. The first kappa shape index (κ1) is 16.3. The highest BCUT2D eigenvalue weighted by Crippen LogP contribution is 2.35. The highest BCUT2D eigenvalue weighted by atomic mass is 16.7. The molecule has 2 amide bonds. The summed E-state index contributed by atoms with van der Waals surface area (Å²) < 4.78 is 16.2. The Kier molecular flexibility index (Phi) is 4.83. The third kappa shape index (κ3) is 3.76. The summed E-state index contributed by atoms with van der Waals surface area (Å²) in [5.74, 6) is 2.14. The summed E-state index contributed by atoms with van der Waals surface area (Å²) in [7, 11) is 0. The number of hydrogen-bond donors (Lipinski definition) is 2. The minimum absolute atomic E-state index is 0.105. The average molecular weight is 347 g/mol. The number of amides is 2. The average Bonchev–Trinajstić information content (AvgIpc) is 3.25. The molecule has 25 heavy (non-hydrogen) atoms. The lowest BCUT2D eigenvalue weighted by Gasteiger charge is -2.32. The number of carbonyl (C=O) groups is 1. The minimum Gasteiger partial charge on any atom is -0.492 e. The number of rotatable bonds is 5. The molecule has 3 heterocycles. The van der Waals surface area contributed by atoms with Crippen molar-refractivity contribution in [3.63, 3.8) is 0 Å². The van der Waals surface area contributed by atoms with Crippen LogP contribution in [0.25, 0.3) is 0 Å². The number of nitrogens with one attached hydrogen (secondary N) is 2. The van der Waals surface area contributed by atoms with Gasteiger partial charge in [0.25, 0.3) is 0 Å². The second kappa shape index (κ2) is 7.39. The van der Waals surface area contributed by atoms with Crippen LogP contribution >= 0.6 is 0 Å². The number of ether oxygens (including phenoxy) is 3. The third-order valence-electron chi connectivity index (χ3n) is 5.17. The van der Waals surface area contributed by atoms with E-state index in [0.717, 1.165) is 18.7 Å². The molecule has 3 aliphatic rings. The number of nitrogens with zero attached hydrogens (tertiary/aromatic N) is 1. The van der Waals surface area contributed by atoms with Gasteiger partial charge in [0.15, 0.2) is 11.5 Å².